The number of nitrogens with two attached hydrogens (primary N) is 2. The normalized spacial score (nSPS) is 13.8. The SMILES string of the molecule is CCC(C)[C@@H](N)C(=O)N[C@@H](Cc1ccc2ccccc2c1)C(=O)NCc1ccc(N)nc1. The number of hydrogen-bond donors (Lipinski definition) is 4. The Labute approximate surface area is 188 Å². The molecule has 32 heavy (non-hydrogen) atoms. The van der Waals surface area contributed by atoms with Crippen molar-refractivity contribution in [3.05, 3.63) is 71.9 Å². The molecule has 0 aliphatic carbocycles. The molecule has 0 bridgehead atoms. The molecule has 0 saturated carbocycles. The third-order valence-corrected chi connectivity index (χ3v) is 5.76. The Balaban J connectivity index is 1.76. The molecule has 7 nitrogen and oxygen atoms in total. The second kappa shape index (κ2) is 10.7. The number of amides is 2. The lowest BCUT2D eigenvalue weighted by atomic mass is 9.97. The largest absolute Gasteiger partial charge is 0.384 e. The highest BCUT2D eigenvalue weighted by atomic mass is 16.2. The summed E-state index contributed by atoms with van der Waals surface area (Å²) in [6.45, 7) is 4.20. The van der Waals surface area contributed by atoms with Gasteiger partial charge in [-0.15, -0.1) is 0 Å². The van der Waals surface area contributed by atoms with E-state index < -0.39 is 12.1 Å². The van der Waals surface area contributed by atoms with Gasteiger partial charge in [-0.3, -0.25) is 9.59 Å². The van der Waals surface area contributed by atoms with Gasteiger partial charge in [0.1, 0.15) is 11.9 Å². The number of aromatic nitrogens is 1. The van der Waals surface area contributed by atoms with Crippen LogP contribution < -0.4 is 22.1 Å². The van der Waals surface area contributed by atoms with E-state index in [0.717, 1.165) is 28.3 Å². The molecule has 1 heterocycles. The van der Waals surface area contributed by atoms with Crippen molar-refractivity contribution >= 4 is 28.4 Å². The van der Waals surface area contributed by atoms with Crippen molar-refractivity contribution in [3.8, 4) is 0 Å². The zero-order valence-electron chi connectivity index (χ0n) is 18.5. The molecule has 2 aromatic carbocycles. The summed E-state index contributed by atoms with van der Waals surface area (Å²) >= 11 is 0. The minimum absolute atomic E-state index is 0.0141. The van der Waals surface area contributed by atoms with E-state index in [0.29, 0.717) is 12.2 Å². The van der Waals surface area contributed by atoms with Crippen molar-refractivity contribution in [1.82, 2.24) is 15.6 Å². The third-order valence-electron chi connectivity index (χ3n) is 5.76. The van der Waals surface area contributed by atoms with Crippen LogP contribution in [0.2, 0.25) is 0 Å². The minimum atomic E-state index is -0.750. The first-order valence-corrected chi connectivity index (χ1v) is 10.9. The van der Waals surface area contributed by atoms with Crippen LogP contribution in [-0.2, 0) is 22.6 Å². The maximum absolute atomic E-state index is 13.0. The average molecular weight is 434 g/mol. The van der Waals surface area contributed by atoms with E-state index in [-0.39, 0.29) is 24.3 Å². The standard InChI is InChI=1S/C25H31N5O2/c1-3-16(2)23(27)25(32)30-21(24(31)29-15-18-9-11-22(26)28-14-18)13-17-8-10-19-6-4-5-7-20(19)12-17/h4-12,14,16,21,23H,3,13,15,27H2,1-2H3,(H2,26,28)(H,29,31)(H,30,32)/t16?,21-,23+/m0/s1. The lowest BCUT2D eigenvalue weighted by Crippen LogP contribution is -2.53. The van der Waals surface area contributed by atoms with Crippen LogP contribution in [0.4, 0.5) is 5.82 Å². The van der Waals surface area contributed by atoms with Crippen molar-refractivity contribution < 1.29 is 9.59 Å². The van der Waals surface area contributed by atoms with Crippen molar-refractivity contribution in [3.63, 3.8) is 0 Å². The summed E-state index contributed by atoms with van der Waals surface area (Å²) < 4.78 is 0. The van der Waals surface area contributed by atoms with Crippen LogP contribution in [-0.4, -0.2) is 28.9 Å². The van der Waals surface area contributed by atoms with Gasteiger partial charge in [0.2, 0.25) is 11.8 Å². The van der Waals surface area contributed by atoms with Crippen LogP contribution >= 0.6 is 0 Å². The molecule has 1 aromatic heterocycles. The van der Waals surface area contributed by atoms with Crippen LogP contribution in [0.1, 0.15) is 31.4 Å². The van der Waals surface area contributed by atoms with Gasteiger partial charge in [0.15, 0.2) is 0 Å². The van der Waals surface area contributed by atoms with E-state index in [9.17, 15) is 9.59 Å². The van der Waals surface area contributed by atoms with Gasteiger partial charge in [-0.05, 0) is 33.9 Å². The van der Waals surface area contributed by atoms with Crippen molar-refractivity contribution in [2.24, 2.45) is 11.7 Å². The molecule has 0 aliphatic rings. The molecule has 1 unspecified atom stereocenters. The molecule has 0 spiro atoms. The predicted octanol–water partition coefficient (Wildman–Crippen LogP) is 2.53. The summed E-state index contributed by atoms with van der Waals surface area (Å²) in [7, 11) is 0. The number of carbonyl (C=O) groups excluding carboxylic acids is 2. The zero-order valence-corrected chi connectivity index (χ0v) is 18.5. The fraction of sp³-hybridized carbons (Fsp3) is 0.320. The molecule has 168 valence electrons. The molecule has 3 aromatic rings. The van der Waals surface area contributed by atoms with Crippen LogP contribution in [0, 0.1) is 5.92 Å². The number of nitrogen functional groups attached to an aromatic ring is 1. The highest BCUT2D eigenvalue weighted by molar-refractivity contribution is 5.90. The van der Waals surface area contributed by atoms with E-state index in [4.69, 9.17) is 11.5 Å². The van der Waals surface area contributed by atoms with Crippen LogP contribution in [0.3, 0.4) is 0 Å². The maximum Gasteiger partial charge on any atom is 0.243 e. The molecular formula is C25H31N5O2. The minimum Gasteiger partial charge on any atom is -0.384 e. The molecule has 2 amide bonds. The fourth-order valence-corrected chi connectivity index (χ4v) is 3.44. The number of nitrogens with zero attached hydrogens (tertiary/aromatic N) is 1. The van der Waals surface area contributed by atoms with E-state index in [1.807, 2.05) is 56.3 Å². The van der Waals surface area contributed by atoms with Crippen molar-refractivity contribution in [2.45, 2.75) is 45.3 Å². The zero-order chi connectivity index (χ0) is 23.1. The number of carbonyl (C=O) groups is 2. The predicted molar refractivity (Wildman–Crippen MR) is 128 cm³/mol. The lowest BCUT2D eigenvalue weighted by Gasteiger charge is -2.23. The Bertz CT molecular complexity index is 1070. The molecule has 3 rings (SSSR count). The molecule has 7 heteroatoms. The van der Waals surface area contributed by atoms with Gasteiger partial charge >= 0.3 is 0 Å². The topological polar surface area (TPSA) is 123 Å². The van der Waals surface area contributed by atoms with Gasteiger partial charge in [-0.25, -0.2) is 4.98 Å². The van der Waals surface area contributed by atoms with Gasteiger partial charge in [0, 0.05) is 19.2 Å². The number of fused-ring (bicyclic) bond motifs is 1. The monoisotopic (exact) mass is 433 g/mol. The summed E-state index contributed by atoms with van der Waals surface area (Å²) in [6, 6.07) is 16.1. The Morgan fingerprint density at radius 3 is 2.41 bits per heavy atom. The number of benzene rings is 2. The molecule has 0 fully saturated rings. The highest BCUT2D eigenvalue weighted by Gasteiger charge is 2.26. The van der Waals surface area contributed by atoms with Crippen molar-refractivity contribution in [1.29, 1.82) is 0 Å². The van der Waals surface area contributed by atoms with E-state index in [1.54, 1.807) is 18.3 Å². The second-order valence-electron chi connectivity index (χ2n) is 8.17. The molecule has 0 aliphatic heterocycles. The highest BCUT2D eigenvalue weighted by Crippen LogP contribution is 2.17. The first kappa shape index (κ1) is 23.2. The Morgan fingerprint density at radius 2 is 1.72 bits per heavy atom. The molecular weight excluding hydrogens is 402 g/mol. The Morgan fingerprint density at radius 1 is 1.00 bits per heavy atom. The maximum atomic E-state index is 13.0. The number of nitrogens with one attached hydrogen (secondary N) is 2. The lowest BCUT2D eigenvalue weighted by molar-refractivity contribution is -0.130. The molecule has 3 atom stereocenters. The van der Waals surface area contributed by atoms with E-state index in [1.165, 1.54) is 0 Å². The summed E-state index contributed by atoms with van der Waals surface area (Å²) in [4.78, 5) is 29.8. The smallest absolute Gasteiger partial charge is 0.243 e. The van der Waals surface area contributed by atoms with Gasteiger partial charge in [-0.1, -0.05) is 68.8 Å². The van der Waals surface area contributed by atoms with Gasteiger partial charge in [0.05, 0.1) is 6.04 Å². The molecule has 0 saturated heterocycles. The molecule has 0 radical (unpaired) electrons. The summed E-state index contributed by atoms with van der Waals surface area (Å²) in [6.07, 6.45) is 2.75. The number of pyridine rings is 1. The number of anilines is 1. The van der Waals surface area contributed by atoms with E-state index >= 15 is 0 Å². The third kappa shape index (κ3) is 6.04. The van der Waals surface area contributed by atoms with Crippen LogP contribution in [0.15, 0.2) is 60.8 Å². The molecule has 6 N–H and O–H groups in total. The first-order chi connectivity index (χ1) is 15.4. The summed E-state index contributed by atoms with van der Waals surface area (Å²) in [5, 5.41) is 7.95. The Hall–Kier alpha value is -3.45. The first-order valence-electron chi connectivity index (χ1n) is 10.9. The van der Waals surface area contributed by atoms with Crippen molar-refractivity contribution in [2.75, 3.05) is 5.73 Å². The summed E-state index contributed by atoms with van der Waals surface area (Å²) in [5.41, 5.74) is 13.5. The second-order valence-corrected chi connectivity index (χ2v) is 8.17. The summed E-state index contributed by atoms with van der Waals surface area (Å²) in [5.74, 6) is -0.171. The quantitative estimate of drug-likeness (QED) is 0.413. The number of hydrogen-bond acceptors (Lipinski definition) is 5. The van der Waals surface area contributed by atoms with Crippen LogP contribution in [0.25, 0.3) is 10.8 Å². The number of rotatable bonds is 9. The van der Waals surface area contributed by atoms with E-state index in [2.05, 4.69) is 15.6 Å². The average Bonchev–Trinajstić information content (AvgIpc) is 2.81. The van der Waals surface area contributed by atoms with Gasteiger partial charge in [-0.2, -0.15) is 0 Å². The van der Waals surface area contributed by atoms with Gasteiger partial charge in [0.25, 0.3) is 0 Å². The Kier molecular flexibility index (Phi) is 7.78. The van der Waals surface area contributed by atoms with Crippen LogP contribution in [0.5, 0.6) is 0 Å². The van der Waals surface area contributed by atoms with Gasteiger partial charge < -0.3 is 22.1 Å². The fourth-order valence-electron chi connectivity index (χ4n) is 3.44.